The molecule has 1 aromatic heterocycles. The first-order chi connectivity index (χ1) is 5.98. The molecule has 0 saturated heterocycles. The molecule has 0 bridgehead atoms. The van der Waals surface area contributed by atoms with Crippen LogP contribution in [0.3, 0.4) is 0 Å². The van der Waals surface area contributed by atoms with E-state index >= 15 is 0 Å². The molecule has 13 heavy (non-hydrogen) atoms. The van der Waals surface area contributed by atoms with Crippen molar-refractivity contribution in [3.05, 3.63) is 10.6 Å². The van der Waals surface area contributed by atoms with Crippen LogP contribution in [0.1, 0.15) is 43.7 Å². The predicted molar refractivity (Wildman–Crippen MR) is 57.0 cm³/mol. The van der Waals surface area contributed by atoms with Gasteiger partial charge in [0, 0.05) is 4.88 Å². The van der Waals surface area contributed by atoms with Crippen LogP contribution in [0.4, 0.5) is 5.13 Å². The minimum absolute atomic E-state index is 0.396. The van der Waals surface area contributed by atoms with Crippen molar-refractivity contribution >= 4 is 16.5 Å². The summed E-state index contributed by atoms with van der Waals surface area (Å²) >= 11 is 1.67. The van der Waals surface area contributed by atoms with Crippen LogP contribution in [0.25, 0.3) is 0 Å². The van der Waals surface area contributed by atoms with Gasteiger partial charge in [-0.1, -0.05) is 20.8 Å². The molecule has 2 nitrogen and oxygen atoms in total. The molecule has 1 heterocycles. The lowest BCUT2D eigenvalue weighted by atomic mass is 9.74. The van der Waals surface area contributed by atoms with E-state index in [9.17, 15) is 0 Å². The van der Waals surface area contributed by atoms with Gasteiger partial charge in [0.15, 0.2) is 5.13 Å². The summed E-state index contributed by atoms with van der Waals surface area (Å²) in [4.78, 5) is 5.81. The number of nitrogens with two attached hydrogens (primary N) is 1. The largest absolute Gasteiger partial charge is 0.375 e. The van der Waals surface area contributed by atoms with Gasteiger partial charge in [0.05, 0.1) is 5.69 Å². The van der Waals surface area contributed by atoms with Crippen LogP contribution < -0.4 is 5.73 Å². The fourth-order valence-corrected chi connectivity index (χ4v) is 3.24. The Balaban J connectivity index is 2.42. The third kappa shape index (κ3) is 1.57. The molecule has 1 aliphatic carbocycles. The molecule has 0 aromatic carbocycles. The Morgan fingerprint density at radius 3 is 2.92 bits per heavy atom. The number of fused-ring (bicyclic) bond motifs is 1. The monoisotopic (exact) mass is 196 g/mol. The van der Waals surface area contributed by atoms with Crippen molar-refractivity contribution in [1.29, 1.82) is 0 Å². The molecular formula is C10H16N2S. The maximum Gasteiger partial charge on any atom is 0.180 e. The van der Waals surface area contributed by atoms with E-state index in [0.29, 0.717) is 11.3 Å². The first-order valence-corrected chi connectivity index (χ1v) is 5.55. The van der Waals surface area contributed by atoms with Gasteiger partial charge in [-0.25, -0.2) is 4.98 Å². The Labute approximate surface area is 83.2 Å². The number of rotatable bonds is 0. The maximum absolute atomic E-state index is 5.72. The summed E-state index contributed by atoms with van der Waals surface area (Å²) in [6.45, 7) is 6.89. The third-order valence-electron chi connectivity index (χ3n) is 2.70. The molecule has 0 spiro atoms. The first-order valence-electron chi connectivity index (χ1n) is 4.73. The van der Waals surface area contributed by atoms with Crippen molar-refractivity contribution in [2.45, 2.75) is 39.5 Å². The highest BCUT2D eigenvalue weighted by Crippen LogP contribution is 2.44. The van der Waals surface area contributed by atoms with Gasteiger partial charge < -0.3 is 5.73 Å². The zero-order valence-electron chi connectivity index (χ0n) is 8.42. The van der Waals surface area contributed by atoms with Crippen LogP contribution in [0, 0.1) is 5.41 Å². The van der Waals surface area contributed by atoms with E-state index in [4.69, 9.17) is 5.73 Å². The molecule has 3 heteroatoms. The van der Waals surface area contributed by atoms with Crippen molar-refractivity contribution in [3.8, 4) is 0 Å². The Bertz CT molecular complexity index is 328. The highest BCUT2D eigenvalue weighted by molar-refractivity contribution is 7.15. The van der Waals surface area contributed by atoms with Gasteiger partial charge in [0.2, 0.25) is 0 Å². The molecule has 1 unspecified atom stereocenters. The van der Waals surface area contributed by atoms with Gasteiger partial charge in [-0.3, -0.25) is 0 Å². The maximum atomic E-state index is 5.72. The molecule has 0 aliphatic heterocycles. The zero-order chi connectivity index (χ0) is 9.64. The number of nitrogen functional groups attached to an aromatic ring is 1. The average molecular weight is 196 g/mol. The van der Waals surface area contributed by atoms with E-state index in [1.807, 2.05) is 0 Å². The van der Waals surface area contributed by atoms with Crippen molar-refractivity contribution in [1.82, 2.24) is 4.98 Å². The normalized spacial score (nSPS) is 25.6. The van der Waals surface area contributed by atoms with E-state index in [1.165, 1.54) is 17.0 Å². The van der Waals surface area contributed by atoms with Crippen LogP contribution in [-0.2, 0) is 6.42 Å². The molecule has 0 radical (unpaired) electrons. The van der Waals surface area contributed by atoms with Crippen LogP contribution in [-0.4, -0.2) is 4.98 Å². The molecule has 0 amide bonds. The number of aromatic nitrogens is 1. The fraction of sp³-hybridized carbons (Fsp3) is 0.700. The first kappa shape index (κ1) is 9.00. The molecule has 72 valence electrons. The van der Waals surface area contributed by atoms with E-state index in [1.54, 1.807) is 11.3 Å². The van der Waals surface area contributed by atoms with Crippen LogP contribution >= 0.6 is 11.3 Å². The third-order valence-corrected chi connectivity index (χ3v) is 3.85. The fourth-order valence-electron chi connectivity index (χ4n) is 2.34. The van der Waals surface area contributed by atoms with Crippen molar-refractivity contribution in [2.75, 3.05) is 5.73 Å². The standard InChI is InChI=1S/C10H16N2S/c1-6-4-10(2,3)5-7-8(6)13-9(11)12-7/h6H,4-5H2,1-3H3,(H2,11,12). The van der Waals surface area contributed by atoms with E-state index in [0.717, 1.165) is 11.6 Å². The molecule has 0 fully saturated rings. The quantitative estimate of drug-likeness (QED) is 0.693. The number of thiazole rings is 1. The summed E-state index contributed by atoms with van der Waals surface area (Å²) in [5, 5.41) is 0.731. The number of anilines is 1. The Morgan fingerprint density at radius 2 is 2.23 bits per heavy atom. The molecule has 2 rings (SSSR count). The second-order valence-electron chi connectivity index (χ2n) is 4.81. The summed E-state index contributed by atoms with van der Waals surface area (Å²) in [5.74, 6) is 0.633. The Kier molecular flexibility index (Phi) is 1.88. The summed E-state index contributed by atoms with van der Waals surface area (Å²) in [6, 6.07) is 0. The smallest absolute Gasteiger partial charge is 0.180 e. The predicted octanol–water partition coefficient (Wildman–Crippen LogP) is 2.80. The molecule has 1 atom stereocenters. The van der Waals surface area contributed by atoms with Crippen molar-refractivity contribution in [2.24, 2.45) is 5.41 Å². The summed E-state index contributed by atoms with van der Waals surface area (Å²) in [7, 11) is 0. The van der Waals surface area contributed by atoms with Crippen molar-refractivity contribution in [3.63, 3.8) is 0 Å². The molecular weight excluding hydrogens is 180 g/mol. The lowest BCUT2D eigenvalue weighted by molar-refractivity contribution is 0.288. The Morgan fingerprint density at radius 1 is 1.54 bits per heavy atom. The molecule has 1 aliphatic rings. The zero-order valence-corrected chi connectivity index (χ0v) is 9.24. The van der Waals surface area contributed by atoms with Gasteiger partial charge in [-0.15, -0.1) is 11.3 Å². The SMILES string of the molecule is CC1CC(C)(C)Cc2nc(N)sc21. The van der Waals surface area contributed by atoms with E-state index in [2.05, 4.69) is 25.8 Å². The highest BCUT2D eigenvalue weighted by atomic mass is 32.1. The van der Waals surface area contributed by atoms with Gasteiger partial charge in [-0.05, 0) is 24.2 Å². The molecule has 1 aromatic rings. The summed E-state index contributed by atoms with van der Waals surface area (Å²) in [5.41, 5.74) is 7.35. The minimum Gasteiger partial charge on any atom is -0.375 e. The minimum atomic E-state index is 0.396. The summed E-state index contributed by atoms with van der Waals surface area (Å²) in [6.07, 6.45) is 2.34. The van der Waals surface area contributed by atoms with Crippen LogP contribution in [0.5, 0.6) is 0 Å². The topological polar surface area (TPSA) is 38.9 Å². The second-order valence-corrected chi connectivity index (χ2v) is 5.87. The lowest BCUT2D eigenvalue weighted by Gasteiger charge is -2.32. The lowest BCUT2D eigenvalue weighted by Crippen LogP contribution is -2.23. The van der Waals surface area contributed by atoms with Gasteiger partial charge in [0.1, 0.15) is 0 Å². The number of nitrogens with zero attached hydrogens (tertiary/aromatic N) is 1. The van der Waals surface area contributed by atoms with E-state index < -0.39 is 0 Å². The molecule has 0 saturated carbocycles. The van der Waals surface area contributed by atoms with Gasteiger partial charge in [-0.2, -0.15) is 0 Å². The van der Waals surface area contributed by atoms with Crippen LogP contribution in [0.2, 0.25) is 0 Å². The Hall–Kier alpha value is -0.570. The van der Waals surface area contributed by atoms with Gasteiger partial charge >= 0.3 is 0 Å². The number of hydrogen-bond acceptors (Lipinski definition) is 3. The molecule has 2 N–H and O–H groups in total. The summed E-state index contributed by atoms with van der Waals surface area (Å²) < 4.78 is 0. The van der Waals surface area contributed by atoms with Crippen LogP contribution in [0.15, 0.2) is 0 Å². The van der Waals surface area contributed by atoms with Gasteiger partial charge in [0.25, 0.3) is 0 Å². The number of hydrogen-bond donors (Lipinski definition) is 1. The van der Waals surface area contributed by atoms with E-state index in [-0.39, 0.29) is 0 Å². The highest BCUT2D eigenvalue weighted by Gasteiger charge is 2.32. The average Bonchev–Trinajstić information content (AvgIpc) is 2.27. The second kappa shape index (κ2) is 2.71. The van der Waals surface area contributed by atoms with Crippen molar-refractivity contribution < 1.29 is 0 Å².